The number of pyridine rings is 1. The second-order valence-corrected chi connectivity index (χ2v) is 9.34. The van der Waals surface area contributed by atoms with Gasteiger partial charge in [0.15, 0.2) is 5.11 Å². The number of aromatic carboxylic acids is 1. The fourth-order valence-electron chi connectivity index (χ4n) is 4.64. The minimum Gasteiger partial charge on any atom is -0.478 e. The average molecular weight is 527 g/mol. The Labute approximate surface area is 225 Å². The summed E-state index contributed by atoms with van der Waals surface area (Å²) in [6.07, 6.45) is 2.12. The normalized spacial score (nSPS) is 16.8. The SMILES string of the molecule is CCC(=O)Nc1ccc(N2C(=S)N[C@H](c3ccccn3)[C@@H]2c2ccc(-c3ccccc3C(=O)O)o2)cc1C. The lowest BCUT2D eigenvalue weighted by atomic mass is 10.0. The lowest BCUT2D eigenvalue weighted by Crippen LogP contribution is -2.29. The van der Waals surface area contributed by atoms with Gasteiger partial charge in [0.25, 0.3) is 0 Å². The standard InChI is InChI=1S/C29H26N4O4S/c1-3-25(34)31-21-12-11-18(16-17(21)2)33-27(26(32-29(33)38)22-10-6-7-15-30-22)24-14-13-23(37-24)19-8-4-5-9-20(19)28(35)36/h4-16,26-27H,3H2,1-2H3,(H,31,34)(H,32,38)(H,35,36)/t26-,27+/m1/s1. The minimum atomic E-state index is -1.03. The molecule has 4 aromatic rings. The van der Waals surface area contributed by atoms with E-state index in [0.29, 0.717) is 28.6 Å². The molecule has 3 heterocycles. The van der Waals surface area contributed by atoms with Gasteiger partial charge in [0, 0.05) is 29.6 Å². The zero-order valence-corrected chi connectivity index (χ0v) is 21.7. The van der Waals surface area contributed by atoms with Crippen molar-refractivity contribution in [2.24, 2.45) is 0 Å². The molecule has 1 fully saturated rings. The van der Waals surface area contributed by atoms with Crippen molar-refractivity contribution in [1.82, 2.24) is 10.3 Å². The summed E-state index contributed by atoms with van der Waals surface area (Å²) in [7, 11) is 0. The number of thiocarbonyl (C=S) groups is 1. The number of furan rings is 1. The summed E-state index contributed by atoms with van der Waals surface area (Å²) in [6.45, 7) is 3.74. The third kappa shape index (κ3) is 4.76. The monoisotopic (exact) mass is 526 g/mol. The maximum Gasteiger partial charge on any atom is 0.336 e. The van der Waals surface area contributed by atoms with Crippen LogP contribution in [0.3, 0.4) is 0 Å². The van der Waals surface area contributed by atoms with Crippen LogP contribution in [0, 0.1) is 6.92 Å². The molecular weight excluding hydrogens is 500 g/mol. The maximum atomic E-state index is 11.9. The molecular formula is C29H26N4O4S. The summed E-state index contributed by atoms with van der Waals surface area (Å²) in [5.74, 6) is -0.0356. The Morgan fingerprint density at radius 2 is 1.89 bits per heavy atom. The van der Waals surface area contributed by atoms with Crippen molar-refractivity contribution < 1.29 is 19.1 Å². The molecule has 3 N–H and O–H groups in total. The van der Waals surface area contributed by atoms with E-state index >= 15 is 0 Å². The number of benzene rings is 2. The molecule has 8 nitrogen and oxygen atoms in total. The number of rotatable bonds is 7. The zero-order chi connectivity index (χ0) is 26.8. The van der Waals surface area contributed by atoms with E-state index in [1.165, 1.54) is 0 Å². The van der Waals surface area contributed by atoms with E-state index in [-0.39, 0.29) is 17.5 Å². The molecule has 0 spiro atoms. The van der Waals surface area contributed by atoms with E-state index < -0.39 is 12.0 Å². The van der Waals surface area contributed by atoms with Crippen molar-refractivity contribution in [3.8, 4) is 11.3 Å². The van der Waals surface area contributed by atoms with Crippen LogP contribution in [0.4, 0.5) is 11.4 Å². The molecule has 1 aliphatic heterocycles. The van der Waals surface area contributed by atoms with Crippen LogP contribution in [0.5, 0.6) is 0 Å². The van der Waals surface area contributed by atoms with Crippen LogP contribution < -0.4 is 15.5 Å². The highest BCUT2D eigenvalue weighted by Crippen LogP contribution is 2.43. The number of anilines is 2. The van der Waals surface area contributed by atoms with Crippen molar-refractivity contribution in [2.45, 2.75) is 32.4 Å². The van der Waals surface area contributed by atoms with Gasteiger partial charge in [-0.25, -0.2) is 4.79 Å². The molecule has 38 heavy (non-hydrogen) atoms. The van der Waals surface area contributed by atoms with Gasteiger partial charge in [-0.3, -0.25) is 9.78 Å². The van der Waals surface area contributed by atoms with E-state index in [1.807, 2.05) is 61.2 Å². The van der Waals surface area contributed by atoms with Gasteiger partial charge < -0.3 is 25.1 Å². The van der Waals surface area contributed by atoms with Gasteiger partial charge in [-0.15, -0.1) is 0 Å². The lowest BCUT2D eigenvalue weighted by Gasteiger charge is -2.27. The molecule has 0 bridgehead atoms. The quantitative estimate of drug-likeness (QED) is 0.257. The number of carboxylic acids is 1. The Balaban J connectivity index is 1.58. The largest absolute Gasteiger partial charge is 0.478 e. The minimum absolute atomic E-state index is 0.0583. The molecule has 2 aromatic carbocycles. The number of carboxylic acid groups (broad SMARTS) is 1. The van der Waals surface area contributed by atoms with Crippen LogP contribution in [0.1, 0.15) is 52.8 Å². The summed E-state index contributed by atoms with van der Waals surface area (Å²) in [6, 6.07) is 21.1. The summed E-state index contributed by atoms with van der Waals surface area (Å²) in [5, 5.41) is 16.5. The first-order valence-electron chi connectivity index (χ1n) is 12.2. The molecule has 1 aliphatic rings. The van der Waals surface area contributed by atoms with Crippen molar-refractivity contribution in [3.05, 3.63) is 102 Å². The smallest absolute Gasteiger partial charge is 0.336 e. The van der Waals surface area contributed by atoms with Crippen LogP contribution in [-0.4, -0.2) is 27.1 Å². The Morgan fingerprint density at radius 3 is 2.61 bits per heavy atom. The number of nitrogens with one attached hydrogen (secondary N) is 2. The van der Waals surface area contributed by atoms with E-state index in [9.17, 15) is 14.7 Å². The second kappa shape index (κ2) is 10.5. The number of aromatic nitrogens is 1. The van der Waals surface area contributed by atoms with Gasteiger partial charge in [-0.2, -0.15) is 0 Å². The van der Waals surface area contributed by atoms with E-state index in [2.05, 4.69) is 15.6 Å². The van der Waals surface area contributed by atoms with Gasteiger partial charge in [0.1, 0.15) is 17.6 Å². The van der Waals surface area contributed by atoms with Crippen molar-refractivity contribution in [2.75, 3.05) is 10.2 Å². The number of amides is 1. The molecule has 0 radical (unpaired) electrons. The highest BCUT2D eigenvalue weighted by Gasteiger charge is 2.42. The fourth-order valence-corrected chi connectivity index (χ4v) is 4.99. The molecule has 1 saturated heterocycles. The van der Waals surface area contributed by atoms with Crippen LogP contribution in [-0.2, 0) is 4.79 Å². The van der Waals surface area contributed by atoms with Gasteiger partial charge >= 0.3 is 5.97 Å². The number of hydrogen-bond acceptors (Lipinski definition) is 5. The molecule has 5 rings (SSSR count). The summed E-state index contributed by atoms with van der Waals surface area (Å²) in [5.41, 5.74) is 3.89. The molecule has 1 amide bonds. The number of carbonyl (C=O) groups excluding carboxylic acids is 1. The van der Waals surface area contributed by atoms with E-state index in [1.54, 1.807) is 36.5 Å². The summed E-state index contributed by atoms with van der Waals surface area (Å²) in [4.78, 5) is 30.3. The second-order valence-electron chi connectivity index (χ2n) is 8.95. The van der Waals surface area contributed by atoms with Gasteiger partial charge in [0.05, 0.1) is 17.3 Å². The Morgan fingerprint density at radius 1 is 1.11 bits per heavy atom. The number of nitrogens with zero attached hydrogens (tertiary/aromatic N) is 2. The first kappa shape index (κ1) is 25.2. The van der Waals surface area contributed by atoms with E-state index in [4.69, 9.17) is 16.6 Å². The highest BCUT2D eigenvalue weighted by molar-refractivity contribution is 7.80. The number of aryl methyl sites for hydroxylation is 1. The molecule has 2 atom stereocenters. The predicted molar refractivity (Wildman–Crippen MR) is 149 cm³/mol. The summed E-state index contributed by atoms with van der Waals surface area (Å²) < 4.78 is 6.33. The zero-order valence-electron chi connectivity index (χ0n) is 20.8. The predicted octanol–water partition coefficient (Wildman–Crippen LogP) is 5.87. The Hall–Kier alpha value is -4.50. The van der Waals surface area contributed by atoms with E-state index in [0.717, 1.165) is 22.6 Å². The van der Waals surface area contributed by atoms with Crippen LogP contribution >= 0.6 is 12.2 Å². The lowest BCUT2D eigenvalue weighted by molar-refractivity contribution is -0.115. The van der Waals surface area contributed by atoms with Gasteiger partial charge in [-0.05, 0) is 73.2 Å². The molecule has 9 heteroatoms. The highest BCUT2D eigenvalue weighted by atomic mass is 32.1. The summed E-state index contributed by atoms with van der Waals surface area (Å²) >= 11 is 5.79. The van der Waals surface area contributed by atoms with Crippen LogP contribution in [0.15, 0.2) is 83.4 Å². The molecule has 0 saturated carbocycles. The first-order chi connectivity index (χ1) is 18.4. The molecule has 0 unspecified atom stereocenters. The third-order valence-electron chi connectivity index (χ3n) is 6.52. The Kier molecular flexibility index (Phi) is 6.93. The average Bonchev–Trinajstić information content (AvgIpc) is 3.54. The van der Waals surface area contributed by atoms with Crippen LogP contribution in [0.25, 0.3) is 11.3 Å². The maximum absolute atomic E-state index is 11.9. The topological polar surface area (TPSA) is 108 Å². The Bertz CT molecular complexity index is 1520. The number of carbonyl (C=O) groups is 2. The van der Waals surface area contributed by atoms with Gasteiger partial charge in [-0.1, -0.05) is 31.2 Å². The molecule has 0 aliphatic carbocycles. The van der Waals surface area contributed by atoms with Gasteiger partial charge in [0.2, 0.25) is 5.91 Å². The first-order valence-corrected chi connectivity index (χ1v) is 12.6. The van der Waals surface area contributed by atoms with Crippen LogP contribution in [0.2, 0.25) is 0 Å². The van der Waals surface area contributed by atoms with Crippen molar-refractivity contribution in [3.63, 3.8) is 0 Å². The van der Waals surface area contributed by atoms with Crippen molar-refractivity contribution >= 4 is 40.6 Å². The van der Waals surface area contributed by atoms with Crippen molar-refractivity contribution in [1.29, 1.82) is 0 Å². The third-order valence-corrected chi connectivity index (χ3v) is 6.84. The number of hydrogen-bond donors (Lipinski definition) is 3. The molecule has 192 valence electrons. The molecule has 2 aromatic heterocycles. The fraction of sp³-hybridized carbons (Fsp3) is 0.172.